The molecule has 1 N–H and O–H groups in total. The van der Waals surface area contributed by atoms with Crippen molar-refractivity contribution >= 4 is 17.4 Å². The lowest BCUT2D eigenvalue weighted by Crippen LogP contribution is -2.06. The molecule has 1 aliphatic heterocycles. The molecule has 25 heavy (non-hydrogen) atoms. The minimum atomic E-state index is 0.0286. The summed E-state index contributed by atoms with van der Waals surface area (Å²) < 4.78 is 0. The Hall–Kier alpha value is -2.78. The van der Waals surface area contributed by atoms with Gasteiger partial charge in [-0.2, -0.15) is 0 Å². The maximum atomic E-state index is 9.85. The molecule has 2 aromatic rings. The second kappa shape index (κ2) is 6.99. The Morgan fingerprint density at radius 2 is 1.84 bits per heavy atom. The van der Waals surface area contributed by atoms with Crippen molar-refractivity contribution in [2.24, 2.45) is 4.99 Å². The summed E-state index contributed by atoms with van der Waals surface area (Å²) >= 11 is 0. The number of pyridine rings is 1. The smallest absolute Gasteiger partial charge is 0.0889 e. The maximum Gasteiger partial charge on any atom is 0.0889 e. The average molecular weight is 328 g/mol. The van der Waals surface area contributed by atoms with E-state index in [0.717, 1.165) is 58.7 Å². The molecule has 124 valence electrons. The summed E-state index contributed by atoms with van der Waals surface area (Å²) in [6.45, 7) is 0.849. The van der Waals surface area contributed by atoms with Crippen molar-refractivity contribution in [3.8, 4) is 11.3 Å². The van der Waals surface area contributed by atoms with Gasteiger partial charge in [0.05, 0.1) is 23.7 Å². The number of aliphatic hydroxyl groups excluding tert-OH is 1. The standard InChI is InChI=1S/C22H20N2O/c25-15-17-8-2-1-7-16-9-5-10-18(22(16)17)19-12-6-13-21(24-19)20-11-3-4-14-23-20/h1,3,5-13,25H,2,4,14-15H2. The van der Waals surface area contributed by atoms with Crippen LogP contribution in [0.1, 0.15) is 29.7 Å². The van der Waals surface area contributed by atoms with Gasteiger partial charge in [-0.05, 0) is 47.8 Å². The number of fused-ring (bicyclic) bond motifs is 1. The second-order valence-corrected chi connectivity index (χ2v) is 6.16. The first-order chi connectivity index (χ1) is 12.4. The van der Waals surface area contributed by atoms with Crippen LogP contribution in [-0.4, -0.2) is 29.0 Å². The van der Waals surface area contributed by atoms with E-state index in [1.807, 2.05) is 30.3 Å². The highest BCUT2D eigenvalue weighted by Crippen LogP contribution is 2.33. The fourth-order valence-corrected chi connectivity index (χ4v) is 3.33. The van der Waals surface area contributed by atoms with E-state index in [4.69, 9.17) is 4.98 Å². The van der Waals surface area contributed by atoms with Crippen LogP contribution in [0.5, 0.6) is 0 Å². The number of benzene rings is 1. The van der Waals surface area contributed by atoms with Gasteiger partial charge in [0.15, 0.2) is 0 Å². The van der Waals surface area contributed by atoms with Gasteiger partial charge in [-0.1, -0.05) is 48.6 Å². The molecule has 0 bridgehead atoms. The fourth-order valence-electron chi connectivity index (χ4n) is 3.33. The Kier molecular flexibility index (Phi) is 4.40. The van der Waals surface area contributed by atoms with Gasteiger partial charge < -0.3 is 5.11 Å². The lowest BCUT2D eigenvalue weighted by molar-refractivity contribution is 0.350. The average Bonchev–Trinajstić information content (AvgIpc) is 2.91. The molecule has 0 spiro atoms. The van der Waals surface area contributed by atoms with Crippen molar-refractivity contribution in [2.75, 3.05) is 13.2 Å². The van der Waals surface area contributed by atoms with Crippen molar-refractivity contribution in [2.45, 2.75) is 12.8 Å². The molecule has 0 saturated carbocycles. The molecule has 0 unspecified atom stereocenters. The number of dihydropyridines is 1. The van der Waals surface area contributed by atoms with Crippen molar-refractivity contribution in [3.63, 3.8) is 0 Å². The van der Waals surface area contributed by atoms with Crippen LogP contribution in [0, 0.1) is 0 Å². The molecule has 3 heteroatoms. The third kappa shape index (κ3) is 3.11. The normalized spacial score (nSPS) is 16.0. The molecule has 4 rings (SSSR count). The largest absolute Gasteiger partial charge is 0.392 e. The number of allylic oxidation sites excluding steroid dienone is 3. The number of hydrogen-bond acceptors (Lipinski definition) is 3. The van der Waals surface area contributed by atoms with Crippen LogP contribution < -0.4 is 0 Å². The zero-order valence-corrected chi connectivity index (χ0v) is 14.0. The zero-order chi connectivity index (χ0) is 17.1. The Bertz CT molecular complexity index is 919. The molecule has 2 heterocycles. The summed E-state index contributed by atoms with van der Waals surface area (Å²) in [6, 6.07) is 12.3. The number of hydrogen-bond donors (Lipinski definition) is 1. The van der Waals surface area contributed by atoms with Gasteiger partial charge in [-0.15, -0.1) is 0 Å². The number of aliphatic hydroxyl groups is 1. The number of rotatable bonds is 3. The van der Waals surface area contributed by atoms with Gasteiger partial charge in [-0.25, -0.2) is 4.98 Å². The first-order valence-electron chi connectivity index (χ1n) is 8.65. The summed E-state index contributed by atoms with van der Waals surface area (Å²) in [5, 5.41) is 9.85. The van der Waals surface area contributed by atoms with Gasteiger partial charge in [0.1, 0.15) is 0 Å². The Morgan fingerprint density at radius 3 is 2.68 bits per heavy atom. The van der Waals surface area contributed by atoms with E-state index in [-0.39, 0.29) is 6.61 Å². The topological polar surface area (TPSA) is 45.5 Å². The van der Waals surface area contributed by atoms with E-state index in [1.165, 1.54) is 0 Å². The molecule has 1 aromatic heterocycles. The minimum Gasteiger partial charge on any atom is -0.392 e. The van der Waals surface area contributed by atoms with Crippen LogP contribution in [0.25, 0.3) is 22.9 Å². The van der Waals surface area contributed by atoms with Crippen LogP contribution in [0.3, 0.4) is 0 Å². The first kappa shape index (κ1) is 15.7. The Labute approximate surface area is 147 Å². The lowest BCUT2D eigenvalue weighted by Gasteiger charge is -2.15. The van der Waals surface area contributed by atoms with Gasteiger partial charge in [0.2, 0.25) is 0 Å². The van der Waals surface area contributed by atoms with Crippen molar-refractivity contribution in [1.82, 2.24) is 4.98 Å². The van der Waals surface area contributed by atoms with E-state index in [2.05, 4.69) is 41.4 Å². The molecule has 1 aromatic carbocycles. The van der Waals surface area contributed by atoms with E-state index < -0.39 is 0 Å². The van der Waals surface area contributed by atoms with Gasteiger partial charge >= 0.3 is 0 Å². The molecule has 0 amide bonds. The summed E-state index contributed by atoms with van der Waals surface area (Å²) in [4.78, 5) is 9.43. The van der Waals surface area contributed by atoms with Gasteiger partial charge in [-0.3, -0.25) is 4.99 Å². The van der Waals surface area contributed by atoms with Gasteiger partial charge in [0, 0.05) is 12.1 Å². The highest BCUT2D eigenvalue weighted by molar-refractivity contribution is 6.08. The van der Waals surface area contributed by atoms with Gasteiger partial charge in [0.25, 0.3) is 0 Å². The van der Waals surface area contributed by atoms with Crippen LogP contribution in [0.2, 0.25) is 0 Å². The van der Waals surface area contributed by atoms with E-state index in [9.17, 15) is 5.11 Å². The van der Waals surface area contributed by atoms with Crippen LogP contribution in [-0.2, 0) is 0 Å². The molecule has 0 fully saturated rings. The molecule has 1 aliphatic carbocycles. The maximum absolute atomic E-state index is 9.85. The second-order valence-electron chi connectivity index (χ2n) is 6.16. The Morgan fingerprint density at radius 1 is 0.960 bits per heavy atom. The summed E-state index contributed by atoms with van der Waals surface area (Å²) in [6.07, 6.45) is 12.3. The quantitative estimate of drug-likeness (QED) is 0.913. The molecular weight excluding hydrogens is 308 g/mol. The van der Waals surface area contributed by atoms with Crippen molar-refractivity contribution in [1.29, 1.82) is 0 Å². The monoisotopic (exact) mass is 328 g/mol. The summed E-state index contributed by atoms with van der Waals surface area (Å²) in [5.74, 6) is 0. The number of nitrogens with zero attached hydrogens (tertiary/aromatic N) is 2. The van der Waals surface area contributed by atoms with E-state index >= 15 is 0 Å². The minimum absolute atomic E-state index is 0.0286. The van der Waals surface area contributed by atoms with Crippen molar-refractivity contribution < 1.29 is 5.11 Å². The van der Waals surface area contributed by atoms with E-state index in [1.54, 1.807) is 0 Å². The lowest BCUT2D eigenvalue weighted by atomic mass is 9.93. The summed E-state index contributed by atoms with van der Waals surface area (Å²) in [7, 11) is 0. The predicted octanol–water partition coefficient (Wildman–Crippen LogP) is 4.29. The molecule has 0 saturated heterocycles. The van der Waals surface area contributed by atoms with Crippen LogP contribution >= 0.6 is 0 Å². The fraction of sp³-hybridized carbons (Fsp3) is 0.182. The Balaban J connectivity index is 1.85. The van der Waals surface area contributed by atoms with Crippen molar-refractivity contribution in [3.05, 3.63) is 77.5 Å². The summed E-state index contributed by atoms with van der Waals surface area (Å²) in [5.41, 5.74) is 6.94. The first-order valence-corrected chi connectivity index (χ1v) is 8.65. The third-order valence-corrected chi connectivity index (χ3v) is 4.53. The van der Waals surface area contributed by atoms with Crippen LogP contribution in [0.15, 0.2) is 65.7 Å². The molecule has 0 atom stereocenters. The van der Waals surface area contributed by atoms with Crippen LogP contribution in [0.4, 0.5) is 0 Å². The molecule has 0 radical (unpaired) electrons. The number of aliphatic imine (C=N–C) groups is 1. The third-order valence-electron chi connectivity index (χ3n) is 4.53. The zero-order valence-electron chi connectivity index (χ0n) is 14.0. The highest BCUT2D eigenvalue weighted by atomic mass is 16.3. The van der Waals surface area contributed by atoms with E-state index in [0.29, 0.717) is 0 Å². The molecular formula is C22H20N2O. The molecule has 2 aliphatic rings. The predicted molar refractivity (Wildman–Crippen MR) is 104 cm³/mol. The SMILES string of the molecule is OCC1=CCC=Cc2cccc(-c3cccc(C4=NCCC=C4)n3)c21. The molecule has 3 nitrogen and oxygen atoms in total. The highest BCUT2D eigenvalue weighted by Gasteiger charge is 2.16. The number of aromatic nitrogens is 1.